The van der Waals surface area contributed by atoms with Crippen molar-refractivity contribution < 1.29 is 0 Å². The summed E-state index contributed by atoms with van der Waals surface area (Å²) in [5.41, 5.74) is 5.53. The van der Waals surface area contributed by atoms with Gasteiger partial charge in [0.15, 0.2) is 0 Å². The van der Waals surface area contributed by atoms with Crippen LogP contribution in [0.2, 0.25) is 0 Å². The van der Waals surface area contributed by atoms with Crippen molar-refractivity contribution >= 4 is 0 Å². The zero-order chi connectivity index (χ0) is 14.8. The molecule has 1 heteroatoms. The quantitative estimate of drug-likeness (QED) is 0.857. The highest BCUT2D eigenvalue weighted by molar-refractivity contribution is 5.39. The van der Waals surface area contributed by atoms with Crippen LogP contribution in [-0.4, -0.2) is 7.05 Å². The Balaban J connectivity index is 2.49. The number of rotatable bonds is 4. The average molecular weight is 267 g/mol. The molecule has 0 aliphatic carbocycles. The summed E-state index contributed by atoms with van der Waals surface area (Å²) >= 11 is 0. The molecule has 0 saturated carbocycles. The first-order valence-corrected chi connectivity index (χ1v) is 7.27. The SMILES string of the molecule is CNC(c1cccc(C)c1C)C(C)(C)c1ccccc1. The summed E-state index contributed by atoms with van der Waals surface area (Å²) in [6.45, 7) is 9.02. The van der Waals surface area contributed by atoms with Gasteiger partial charge in [-0.15, -0.1) is 0 Å². The Bertz CT molecular complexity index is 570. The fourth-order valence-electron chi connectivity index (χ4n) is 3.03. The van der Waals surface area contributed by atoms with E-state index in [0.29, 0.717) is 6.04 Å². The summed E-state index contributed by atoms with van der Waals surface area (Å²) in [5.74, 6) is 0. The molecular formula is C19H25N. The maximum atomic E-state index is 3.53. The van der Waals surface area contributed by atoms with Gasteiger partial charge in [-0.2, -0.15) is 0 Å². The van der Waals surface area contributed by atoms with Gasteiger partial charge in [-0.3, -0.25) is 0 Å². The molecule has 0 saturated heterocycles. The van der Waals surface area contributed by atoms with E-state index in [2.05, 4.69) is 88.6 Å². The molecule has 0 bridgehead atoms. The van der Waals surface area contributed by atoms with E-state index in [1.54, 1.807) is 0 Å². The Morgan fingerprint density at radius 1 is 0.900 bits per heavy atom. The number of nitrogens with one attached hydrogen (secondary N) is 1. The summed E-state index contributed by atoms with van der Waals surface area (Å²) in [4.78, 5) is 0. The first-order chi connectivity index (χ1) is 9.48. The van der Waals surface area contributed by atoms with Crippen LogP contribution >= 0.6 is 0 Å². The largest absolute Gasteiger partial charge is 0.312 e. The number of hydrogen-bond donors (Lipinski definition) is 1. The lowest BCUT2D eigenvalue weighted by atomic mass is 9.74. The monoisotopic (exact) mass is 267 g/mol. The van der Waals surface area contributed by atoms with Gasteiger partial charge in [0.05, 0.1) is 0 Å². The highest BCUT2D eigenvalue weighted by atomic mass is 14.9. The van der Waals surface area contributed by atoms with E-state index >= 15 is 0 Å². The minimum atomic E-state index is 0.0363. The van der Waals surface area contributed by atoms with E-state index in [9.17, 15) is 0 Å². The Hall–Kier alpha value is -1.60. The highest BCUT2D eigenvalue weighted by Crippen LogP contribution is 2.38. The van der Waals surface area contributed by atoms with Crippen LogP contribution in [0.15, 0.2) is 48.5 Å². The molecule has 0 heterocycles. The van der Waals surface area contributed by atoms with Crippen LogP contribution < -0.4 is 5.32 Å². The molecule has 0 fully saturated rings. The second kappa shape index (κ2) is 5.80. The van der Waals surface area contributed by atoms with E-state index in [-0.39, 0.29) is 5.41 Å². The van der Waals surface area contributed by atoms with Crippen molar-refractivity contribution in [2.75, 3.05) is 7.05 Å². The summed E-state index contributed by atoms with van der Waals surface area (Å²) < 4.78 is 0. The van der Waals surface area contributed by atoms with Crippen LogP contribution in [-0.2, 0) is 5.41 Å². The van der Waals surface area contributed by atoms with Crippen molar-refractivity contribution in [1.29, 1.82) is 0 Å². The van der Waals surface area contributed by atoms with Crippen molar-refractivity contribution in [3.8, 4) is 0 Å². The number of aryl methyl sites for hydroxylation is 1. The Labute approximate surface area is 123 Å². The Morgan fingerprint density at radius 3 is 2.15 bits per heavy atom. The molecule has 1 atom stereocenters. The zero-order valence-electron chi connectivity index (χ0n) is 13.2. The third-order valence-corrected chi connectivity index (χ3v) is 4.49. The predicted molar refractivity (Wildman–Crippen MR) is 87.2 cm³/mol. The van der Waals surface area contributed by atoms with E-state index in [0.717, 1.165) is 0 Å². The van der Waals surface area contributed by atoms with Gasteiger partial charge in [-0.1, -0.05) is 62.4 Å². The van der Waals surface area contributed by atoms with Gasteiger partial charge < -0.3 is 5.32 Å². The number of benzene rings is 2. The average Bonchev–Trinajstić information content (AvgIpc) is 2.45. The second-order valence-corrected chi connectivity index (χ2v) is 6.10. The Morgan fingerprint density at radius 2 is 1.55 bits per heavy atom. The van der Waals surface area contributed by atoms with Crippen molar-refractivity contribution in [1.82, 2.24) is 5.32 Å². The number of hydrogen-bond acceptors (Lipinski definition) is 1. The van der Waals surface area contributed by atoms with Gasteiger partial charge >= 0.3 is 0 Å². The molecule has 0 spiro atoms. The lowest BCUT2D eigenvalue weighted by Crippen LogP contribution is -2.36. The molecule has 2 aromatic rings. The zero-order valence-corrected chi connectivity index (χ0v) is 13.2. The van der Waals surface area contributed by atoms with Crippen LogP contribution in [0.3, 0.4) is 0 Å². The first-order valence-electron chi connectivity index (χ1n) is 7.27. The smallest absolute Gasteiger partial charge is 0.0413 e. The van der Waals surface area contributed by atoms with E-state index in [4.69, 9.17) is 0 Å². The minimum absolute atomic E-state index is 0.0363. The van der Waals surface area contributed by atoms with E-state index in [1.807, 2.05) is 0 Å². The maximum Gasteiger partial charge on any atom is 0.0413 e. The van der Waals surface area contributed by atoms with Crippen LogP contribution in [0.1, 0.15) is 42.1 Å². The fraction of sp³-hybridized carbons (Fsp3) is 0.368. The van der Waals surface area contributed by atoms with Crippen molar-refractivity contribution in [2.45, 2.75) is 39.2 Å². The molecule has 2 rings (SSSR count). The summed E-state index contributed by atoms with van der Waals surface area (Å²) in [6.07, 6.45) is 0. The molecule has 1 unspecified atom stereocenters. The van der Waals surface area contributed by atoms with Gasteiger partial charge in [-0.25, -0.2) is 0 Å². The lowest BCUT2D eigenvalue weighted by molar-refractivity contribution is 0.367. The molecule has 0 radical (unpaired) electrons. The standard InChI is InChI=1S/C19H25N/c1-14-10-9-13-17(15(14)2)18(20-5)19(3,4)16-11-7-6-8-12-16/h6-13,18,20H,1-5H3. The van der Waals surface area contributed by atoms with Gasteiger partial charge in [0.1, 0.15) is 0 Å². The minimum Gasteiger partial charge on any atom is -0.312 e. The van der Waals surface area contributed by atoms with E-state index < -0.39 is 0 Å². The molecule has 20 heavy (non-hydrogen) atoms. The topological polar surface area (TPSA) is 12.0 Å². The third kappa shape index (κ3) is 2.64. The molecular weight excluding hydrogens is 242 g/mol. The molecule has 0 aromatic heterocycles. The fourth-order valence-corrected chi connectivity index (χ4v) is 3.03. The van der Waals surface area contributed by atoms with Gasteiger partial charge in [0, 0.05) is 11.5 Å². The third-order valence-electron chi connectivity index (χ3n) is 4.49. The van der Waals surface area contributed by atoms with Gasteiger partial charge in [-0.05, 0) is 43.1 Å². The molecule has 0 aliphatic heterocycles. The highest BCUT2D eigenvalue weighted by Gasteiger charge is 2.32. The van der Waals surface area contributed by atoms with Crippen molar-refractivity contribution in [2.24, 2.45) is 0 Å². The van der Waals surface area contributed by atoms with Crippen molar-refractivity contribution in [3.63, 3.8) is 0 Å². The van der Waals surface area contributed by atoms with Crippen LogP contribution in [0.5, 0.6) is 0 Å². The lowest BCUT2D eigenvalue weighted by Gasteiger charge is -2.36. The van der Waals surface area contributed by atoms with Crippen LogP contribution in [0, 0.1) is 13.8 Å². The van der Waals surface area contributed by atoms with Crippen LogP contribution in [0.4, 0.5) is 0 Å². The molecule has 1 nitrogen and oxygen atoms in total. The molecule has 0 amide bonds. The summed E-state index contributed by atoms with van der Waals surface area (Å²) in [6, 6.07) is 17.6. The molecule has 2 aromatic carbocycles. The van der Waals surface area contributed by atoms with Gasteiger partial charge in [0.2, 0.25) is 0 Å². The molecule has 1 N–H and O–H groups in total. The molecule has 0 aliphatic rings. The molecule has 106 valence electrons. The predicted octanol–water partition coefficient (Wildman–Crippen LogP) is 4.54. The van der Waals surface area contributed by atoms with Gasteiger partial charge in [0.25, 0.3) is 0 Å². The second-order valence-electron chi connectivity index (χ2n) is 6.10. The van der Waals surface area contributed by atoms with Crippen LogP contribution in [0.25, 0.3) is 0 Å². The summed E-state index contributed by atoms with van der Waals surface area (Å²) in [7, 11) is 2.05. The normalized spacial score (nSPS) is 13.2. The number of likely N-dealkylation sites (N-methyl/N-ethyl adjacent to an activating group) is 1. The first kappa shape index (κ1) is 14.8. The van der Waals surface area contributed by atoms with E-state index in [1.165, 1.54) is 22.3 Å². The summed E-state index contributed by atoms with van der Waals surface area (Å²) in [5, 5.41) is 3.53. The Kier molecular flexibility index (Phi) is 4.29. The van der Waals surface area contributed by atoms with Crippen molar-refractivity contribution in [3.05, 3.63) is 70.8 Å². The maximum absolute atomic E-state index is 3.53.